The first-order chi connectivity index (χ1) is 12.7. The summed E-state index contributed by atoms with van der Waals surface area (Å²) < 4.78 is 5.45. The largest absolute Gasteiger partial charge is 0.444 e. The number of likely N-dealkylation sites (tertiary alicyclic amines) is 1. The summed E-state index contributed by atoms with van der Waals surface area (Å²) in [6.45, 7) is 8.84. The molecule has 1 aliphatic rings. The van der Waals surface area contributed by atoms with Crippen LogP contribution in [0.15, 0.2) is 36.5 Å². The van der Waals surface area contributed by atoms with Crippen LogP contribution in [0.25, 0.3) is 10.4 Å². The van der Waals surface area contributed by atoms with E-state index in [1.807, 2.05) is 51.1 Å². The van der Waals surface area contributed by atoms with Gasteiger partial charge in [0.25, 0.3) is 0 Å². The summed E-state index contributed by atoms with van der Waals surface area (Å²) in [5.41, 5.74) is 0.558. The molecule has 1 aromatic carbocycles. The number of benzene rings is 1. The van der Waals surface area contributed by atoms with E-state index in [1.54, 1.807) is 11.1 Å². The summed E-state index contributed by atoms with van der Waals surface area (Å²) in [6.07, 6.45) is 1.87. The van der Waals surface area contributed by atoms with Gasteiger partial charge < -0.3 is 9.64 Å². The minimum atomic E-state index is -0.511. The third kappa shape index (κ3) is 4.95. The van der Waals surface area contributed by atoms with Crippen molar-refractivity contribution in [1.29, 1.82) is 0 Å². The number of hydrogen-bond donors (Lipinski definition) is 0. The van der Waals surface area contributed by atoms with E-state index in [9.17, 15) is 9.59 Å². The molecule has 6 heteroatoms. The molecular formula is C21H26N2O3S. The fraction of sp³-hybridized carbons (Fsp3) is 0.476. The van der Waals surface area contributed by atoms with Crippen LogP contribution in [0.3, 0.4) is 0 Å². The summed E-state index contributed by atoms with van der Waals surface area (Å²) in [5, 5.41) is 0.539. The molecule has 2 heterocycles. The number of ketones is 1. The van der Waals surface area contributed by atoms with Gasteiger partial charge in [-0.05, 0) is 38.2 Å². The van der Waals surface area contributed by atoms with Gasteiger partial charge >= 0.3 is 6.09 Å². The van der Waals surface area contributed by atoms with Crippen LogP contribution in [0, 0.1) is 11.8 Å². The monoisotopic (exact) mass is 386 g/mol. The quantitative estimate of drug-likeness (QED) is 0.702. The van der Waals surface area contributed by atoms with Crippen molar-refractivity contribution in [2.75, 3.05) is 13.1 Å². The van der Waals surface area contributed by atoms with E-state index in [4.69, 9.17) is 4.74 Å². The van der Waals surface area contributed by atoms with Gasteiger partial charge in [-0.2, -0.15) is 0 Å². The van der Waals surface area contributed by atoms with E-state index in [0.717, 1.165) is 10.4 Å². The summed E-state index contributed by atoms with van der Waals surface area (Å²) in [6, 6.07) is 9.94. The van der Waals surface area contributed by atoms with Crippen molar-refractivity contribution in [3.63, 3.8) is 0 Å². The predicted octanol–water partition coefficient (Wildman–Crippen LogP) is 4.89. The first-order valence-corrected chi connectivity index (χ1v) is 10.1. The van der Waals surface area contributed by atoms with Crippen LogP contribution in [0.4, 0.5) is 4.79 Å². The molecule has 1 saturated heterocycles. The first kappa shape index (κ1) is 19.5. The van der Waals surface area contributed by atoms with Crippen molar-refractivity contribution < 1.29 is 14.3 Å². The van der Waals surface area contributed by atoms with Gasteiger partial charge in [0.2, 0.25) is 0 Å². The molecule has 2 aromatic rings. The molecule has 2 atom stereocenters. The van der Waals surface area contributed by atoms with E-state index in [0.29, 0.717) is 24.5 Å². The van der Waals surface area contributed by atoms with Gasteiger partial charge in [0.1, 0.15) is 5.60 Å². The third-order valence-corrected chi connectivity index (χ3v) is 5.76. The average Bonchev–Trinajstić information content (AvgIpc) is 3.22. The Morgan fingerprint density at radius 3 is 2.59 bits per heavy atom. The molecule has 5 nitrogen and oxygen atoms in total. The summed E-state index contributed by atoms with van der Waals surface area (Å²) in [7, 11) is 0. The number of amides is 1. The number of Topliss-reactive ketones (excluding diaryl/α,β-unsaturated/α-hetero) is 1. The Balaban J connectivity index is 1.61. The average molecular weight is 387 g/mol. The highest BCUT2D eigenvalue weighted by molar-refractivity contribution is 7.17. The Hall–Kier alpha value is -2.21. The SMILES string of the molecule is C[C@@H]1CN(C(=O)OC(C)(C)C)C[C@H]1CC(=O)c1ncc(-c2ccccc2)s1. The van der Waals surface area contributed by atoms with Gasteiger partial charge in [0.05, 0.1) is 4.88 Å². The summed E-state index contributed by atoms with van der Waals surface area (Å²) in [5.74, 6) is 0.439. The van der Waals surface area contributed by atoms with Crippen molar-refractivity contribution in [1.82, 2.24) is 9.88 Å². The molecule has 0 saturated carbocycles. The topological polar surface area (TPSA) is 59.5 Å². The fourth-order valence-corrected chi connectivity index (χ4v) is 4.11. The van der Waals surface area contributed by atoms with Crippen LogP contribution in [0.1, 0.15) is 43.9 Å². The van der Waals surface area contributed by atoms with E-state index >= 15 is 0 Å². The molecule has 0 aliphatic carbocycles. The number of carbonyl (C=O) groups is 2. The number of ether oxygens (including phenoxy) is 1. The Labute approximate surface area is 164 Å². The zero-order valence-corrected chi connectivity index (χ0v) is 17.1. The Kier molecular flexibility index (Phi) is 5.65. The zero-order valence-electron chi connectivity index (χ0n) is 16.3. The smallest absolute Gasteiger partial charge is 0.410 e. The van der Waals surface area contributed by atoms with Crippen molar-refractivity contribution in [3.05, 3.63) is 41.5 Å². The molecule has 1 amide bonds. The van der Waals surface area contributed by atoms with E-state index in [1.165, 1.54) is 11.3 Å². The number of thiazole rings is 1. The number of aromatic nitrogens is 1. The van der Waals surface area contributed by atoms with E-state index in [2.05, 4.69) is 11.9 Å². The van der Waals surface area contributed by atoms with Crippen LogP contribution < -0.4 is 0 Å². The van der Waals surface area contributed by atoms with Crippen LogP contribution in [0.5, 0.6) is 0 Å². The Morgan fingerprint density at radius 1 is 1.22 bits per heavy atom. The Bertz CT molecular complexity index is 810. The second-order valence-electron chi connectivity index (χ2n) is 8.15. The third-order valence-electron chi connectivity index (χ3n) is 4.67. The van der Waals surface area contributed by atoms with Gasteiger partial charge in [0, 0.05) is 25.7 Å². The molecule has 1 aromatic heterocycles. The van der Waals surface area contributed by atoms with Crippen LogP contribution in [0.2, 0.25) is 0 Å². The number of carbonyl (C=O) groups excluding carboxylic acids is 2. The fourth-order valence-electron chi connectivity index (χ4n) is 3.24. The zero-order chi connectivity index (χ0) is 19.6. The highest BCUT2D eigenvalue weighted by atomic mass is 32.1. The standard InChI is InChI=1S/C21H26N2O3S/c1-14-12-23(20(25)26-21(2,3)4)13-16(14)10-17(24)19-22-11-18(27-19)15-8-6-5-7-9-15/h5-9,11,14,16H,10,12-13H2,1-4H3/t14-,16-/m1/s1. The van der Waals surface area contributed by atoms with E-state index < -0.39 is 5.60 Å². The molecule has 0 unspecified atom stereocenters. The maximum absolute atomic E-state index is 12.7. The molecule has 0 bridgehead atoms. The van der Waals surface area contributed by atoms with Crippen LogP contribution in [-0.2, 0) is 4.74 Å². The minimum Gasteiger partial charge on any atom is -0.444 e. The van der Waals surface area contributed by atoms with Crippen LogP contribution >= 0.6 is 11.3 Å². The molecular weight excluding hydrogens is 360 g/mol. The lowest BCUT2D eigenvalue weighted by atomic mass is 9.93. The van der Waals surface area contributed by atoms with E-state index in [-0.39, 0.29) is 23.7 Å². The minimum absolute atomic E-state index is 0.0464. The molecule has 1 aliphatic heterocycles. The van der Waals surface area contributed by atoms with Gasteiger partial charge in [0.15, 0.2) is 10.8 Å². The number of hydrogen-bond acceptors (Lipinski definition) is 5. The van der Waals surface area contributed by atoms with Crippen molar-refractivity contribution >= 4 is 23.2 Å². The Morgan fingerprint density at radius 2 is 1.93 bits per heavy atom. The maximum Gasteiger partial charge on any atom is 0.410 e. The van der Waals surface area contributed by atoms with Gasteiger partial charge in [-0.25, -0.2) is 9.78 Å². The van der Waals surface area contributed by atoms with Crippen molar-refractivity contribution in [2.24, 2.45) is 11.8 Å². The van der Waals surface area contributed by atoms with Gasteiger partial charge in [-0.15, -0.1) is 11.3 Å². The second kappa shape index (κ2) is 7.80. The summed E-state index contributed by atoms with van der Waals surface area (Å²) in [4.78, 5) is 32.0. The first-order valence-electron chi connectivity index (χ1n) is 9.25. The lowest BCUT2D eigenvalue weighted by molar-refractivity contribution is 0.0283. The lowest BCUT2D eigenvalue weighted by Gasteiger charge is -2.24. The summed E-state index contributed by atoms with van der Waals surface area (Å²) >= 11 is 1.43. The highest BCUT2D eigenvalue weighted by Crippen LogP contribution is 2.31. The molecule has 0 spiro atoms. The lowest BCUT2D eigenvalue weighted by Crippen LogP contribution is -2.35. The predicted molar refractivity (Wildman–Crippen MR) is 107 cm³/mol. The van der Waals surface area contributed by atoms with Gasteiger partial charge in [-0.1, -0.05) is 37.3 Å². The molecule has 3 rings (SSSR count). The second-order valence-corrected chi connectivity index (χ2v) is 9.18. The van der Waals surface area contributed by atoms with Crippen molar-refractivity contribution in [3.8, 4) is 10.4 Å². The highest BCUT2D eigenvalue weighted by Gasteiger charge is 2.36. The molecule has 27 heavy (non-hydrogen) atoms. The number of nitrogens with zero attached hydrogens (tertiary/aromatic N) is 2. The van der Waals surface area contributed by atoms with Gasteiger partial charge in [-0.3, -0.25) is 4.79 Å². The molecule has 0 N–H and O–H groups in total. The molecule has 144 valence electrons. The maximum atomic E-state index is 12.7. The van der Waals surface area contributed by atoms with Crippen LogP contribution in [-0.4, -0.2) is 40.5 Å². The van der Waals surface area contributed by atoms with Crippen molar-refractivity contribution in [2.45, 2.75) is 39.7 Å². The molecule has 0 radical (unpaired) electrons. The normalized spacial score (nSPS) is 19.9. The number of rotatable bonds is 4. The molecule has 1 fully saturated rings.